The molecule has 2 aromatic rings. The molecule has 0 saturated heterocycles. The first-order valence-electron chi connectivity index (χ1n) is 7.72. The SMILES string of the molecule is CC(=O)N(CC(=O)Nc1cc(C)ccc1C)Cc1ccc(Cl)cc1. The van der Waals surface area contributed by atoms with E-state index in [0.717, 1.165) is 22.4 Å². The highest BCUT2D eigenvalue weighted by Crippen LogP contribution is 2.17. The minimum Gasteiger partial charge on any atom is -0.329 e. The Hall–Kier alpha value is -2.33. The highest BCUT2D eigenvalue weighted by molar-refractivity contribution is 6.30. The van der Waals surface area contributed by atoms with Crippen molar-refractivity contribution >= 4 is 29.1 Å². The van der Waals surface area contributed by atoms with Gasteiger partial charge in [0.05, 0.1) is 0 Å². The van der Waals surface area contributed by atoms with Gasteiger partial charge < -0.3 is 10.2 Å². The van der Waals surface area contributed by atoms with Gasteiger partial charge in [-0.25, -0.2) is 0 Å². The van der Waals surface area contributed by atoms with E-state index in [1.165, 1.54) is 11.8 Å². The van der Waals surface area contributed by atoms with Crippen molar-refractivity contribution < 1.29 is 9.59 Å². The summed E-state index contributed by atoms with van der Waals surface area (Å²) in [7, 11) is 0. The molecule has 0 aliphatic carbocycles. The van der Waals surface area contributed by atoms with Gasteiger partial charge in [-0.15, -0.1) is 0 Å². The van der Waals surface area contributed by atoms with Crippen molar-refractivity contribution in [3.63, 3.8) is 0 Å². The van der Waals surface area contributed by atoms with Crippen LogP contribution in [0.2, 0.25) is 5.02 Å². The molecule has 2 rings (SSSR count). The van der Waals surface area contributed by atoms with Gasteiger partial charge in [-0.05, 0) is 48.7 Å². The third-order valence-electron chi connectivity index (χ3n) is 3.73. The van der Waals surface area contributed by atoms with Crippen LogP contribution in [0.15, 0.2) is 42.5 Å². The molecule has 0 atom stereocenters. The Morgan fingerprint density at radius 3 is 2.38 bits per heavy atom. The molecule has 2 amide bonds. The van der Waals surface area contributed by atoms with Gasteiger partial charge >= 0.3 is 0 Å². The highest BCUT2D eigenvalue weighted by Gasteiger charge is 2.15. The van der Waals surface area contributed by atoms with Crippen LogP contribution in [0.25, 0.3) is 0 Å². The largest absolute Gasteiger partial charge is 0.329 e. The normalized spacial score (nSPS) is 10.3. The number of carbonyl (C=O) groups excluding carboxylic acids is 2. The van der Waals surface area contributed by atoms with Crippen molar-refractivity contribution in [1.82, 2.24) is 4.90 Å². The van der Waals surface area contributed by atoms with Crippen LogP contribution in [0.4, 0.5) is 5.69 Å². The van der Waals surface area contributed by atoms with E-state index in [-0.39, 0.29) is 18.4 Å². The summed E-state index contributed by atoms with van der Waals surface area (Å²) in [6, 6.07) is 13.1. The molecule has 5 heteroatoms. The zero-order valence-electron chi connectivity index (χ0n) is 14.1. The first-order chi connectivity index (χ1) is 11.3. The van der Waals surface area contributed by atoms with E-state index in [4.69, 9.17) is 11.6 Å². The Morgan fingerprint density at radius 2 is 1.75 bits per heavy atom. The number of amides is 2. The van der Waals surface area contributed by atoms with Crippen LogP contribution in [0.3, 0.4) is 0 Å². The molecule has 0 fully saturated rings. The lowest BCUT2D eigenvalue weighted by Gasteiger charge is -2.21. The molecule has 0 aliphatic rings. The Balaban J connectivity index is 2.04. The maximum absolute atomic E-state index is 12.3. The van der Waals surface area contributed by atoms with E-state index in [9.17, 15) is 9.59 Å². The number of nitrogens with zero attached hydrogens (tertiary/aromatic N) is 1. The standard InChI is InChI=1S/C19H21ClN2O2/c1-13-4-5-14(2)18(10-13)21-19(24)12-22(15(3)23)11-16-6-8-17(20)9-7-16/h4-10H,11-12H2,1-3H3,(H,21,24). The molecule has 126 valence electrons. The Kier molecular flexibility index (Phi) is 5.99. The molecule has 0 bridgehead atoms. The second-order valence-corrected chi connectivity index (χ2v) is 6.30. The van der Waals surface area contributed by atoms with Crippen LogP contribution in [0.1, 0.15) is 23.6 Å². The molecular formula is C19H21ClN2O2. The lowest BCUT2D eigenvalue weighted by molar-refractivity contribution is -0.133. The van der Waals surface area contributed by atoms with Gasteiger partial charge in [-0.2, -0.15) is 0 Å². The van der Waals surface area contributed by atoms with Crippen molar-refractivity contribution in [2.24, 2.45) is 0 Å². The molecule has 0 radical (unpaired) electrons. The summed E-state index contributed by atoms with van der Waals surface area (Å²) in [4.78, 5) is 25.7. The fourth-order valence-electron chi connectivity index (χ4n) is 2.32. The fraction of sp³-hybridized carbons (Fsp3) is 0.263. The number of hydrogen-bond acceptors (Lipinski definition) is 2. The first-order valence-corrected chi connectivity index (χ1v) is 8.10. The molecule has 1 N–H and O–H groups in total. The van der Waals surface area contributed by atoms with E-state index in [1.807, 2.05) is 44.2 Å². The molecule has 0 saturated carbocycles. The molecule has 0 unspecified atom stereocenters. The Morgan fingerprint density at radius 1 is 1.08 bits per heavy atom. The smallest absolute Gasteiger partial charge is 0.244 e. The molecule has 24 heavy (non-hydrogen) atoms. The zero-order chi connectivity index (χ0) is 17.7. The summed E-state index contributed by atoms with van der Waals surface area (Å²) in [5.74, 6) is -0.367. The maximum atomic E-state index is 12.3. The number of rotatable bonds is 5. The quantitative estimate of drug-likeness (QED) is 0.893. The fourth-order valence-corrected chi connectivity index (χ4v) is 2.45. The van der Waals surface area contributed by atoms with E-state index in [1.54, 1.807) is 12.1 Å². The molecule has 0 heterocycles. The number of anilines is 1. The van der Waals surface area contributed by atoms with Crippen LogP contribution < -0.4 is 5.32 Å². The average molecular weight is 345 g/mol. The van der Waals surface area contributed by atoms with Gasteiger partial charge in [0, 0.05) is 24.2 Å². The van der Waals surface area contributed by atoms with Crippen molar-refractivity contribution in [2.75, 3.05) is 11.9 Å². The summed E-state index contributed by atoms with van der Waals surface area (Å²) >= 11 is 5.87. The van der Waals surface area contributed by atoms with E-state index in [0.29, 0.717) is 11.6 Å². The number of benzene rings is 2. The van der Waals surface area contributed by atoms with Crippen LogP contribution in [-0.4, -0.2) is 23.3 Å². The lowest BCUT2D eigenvalue weighted by Crippen LogP contribution is -2.36. The molecule has 0 aromatic heterocycles. The highest BCUT2D eigenvalue weighted by atomic mass is 35.5. The van der Waals surface area contributed by atoms with Gasteiger partial charge in [-0.3, -0.25) is 9.59 Å². The third-order valence-corrected chi connectivity index (χ3v) is 3.99. The van der Waals surface area contributed by atoms with Crippen molar-refractivity contribution in [3.8, 4) is 0 Å². The summed E-state index contributed by atoms with van der Waals surface area (Å²) in [6.45, 7) is 5.74. The maximum Gasteiger partial charge on any atom is 0.244 e. The second-order valence-electron chi connectivity index (χ2n) is 5.87. The first kappa shape index (κ1) is 18.0. The van der Waals surface area contributed by atoms with Gasteiger partial charge in [0.25, 0.3) is 0 Å². The summed E-state index contributed by atoms with van der Waals surface area (Å²) < 4.78 is 0. The molecule has 4 nitrogen and oxygen atoms in total. The van der Waals surface area contributed by atoms with Gasteiger partial charge in [0.15, 0.2) is 0 Å². The zero-order valence-corrected chi connectivity index (χ0v) is 14.9. The number of aryl methyl sites for hydroxylation is 2. The summed E-state index contributed by atoms with van der Waals surface area (Å²) in [5.41, 5.74) is 3.76. The van der Waals surface area contributed by atoms with Gasteiger partial charge in [0.1, 0.15) is 6.54 Å². The predicted octanol–water partition coefficient (Wildman–Crippen LogP) is 3.94. The second kappa shape index (κ2) is 7.97. The topological polar surface area (TPSA) is 49.4 Å². The summed E-state index contributed by atoms with van der Waals surface area (Å²) in [6.07, 6.45) is 0. The molecule has 0 spiro atoms. The molecule has 2 aromatic carbocycles. The minimum atomic E-state index is -0.215. The monoisotopic (exact) mass is 344 g/mol. The van der Waals surface area contributed by atoms with Crippen LogP contribution in [-0.2, 0) is 16.1 Å². The van der Waals surface area contributed by atoms with Crippen LogP contribution >= 0.6 is 11.6 Å². The Bertz CT molecular complexity index is 742. The molecule has 0 aliphatic heterocycles. The van der Waals surface area contributed by atoms with Gasteiger partial charge in [-0.1, -0.05) is 35.9 Å². The molecular weight excluding hydrogens is 324 g/mol. The van der Waals surface area contributed by atoms with Crippen molar-refractivity contribution in [3.05, 3.63) is 64.2 Å². The van der Waals surface area contributed by atoms with E-state index < -0.39 is 0 Å². The third kappa shape index (κ3) is 5.10. The van der Waals surface area contributed by atoms with Crippen molar-refractivity contribution in [2.45, 2.75) is 27.3 Å². The van der Waals surface area contributed by atoms with Gasteiger partial charge in [0.2, 0.25) is 11.8 Å². The number of carbonyl (C=O) groups is 2. The average Bonchev–Trinajstić information content (AvgIpc) is 2.52. The number of halogens is 1. The van der Waals surface area contributed by atoms with Crippen LogP contribution in [0.5, 0.6) is 0 Å². The van der Waals surface area contributed by atoms with Crippen molar-refractivity contribution in [1.29, 1.82) is 0 Å². The lowest BCUT2D eigenvalue weighted by atomic mass is 10.1. The summed E-state index contributed by atoms with van der Waals surface area (Å²) in [5, 5.41) is 3.52. The minimum absolute atomic E-state index is 0.00530. The van der Waals surface area contributed by atoms with Crippen LogP contribution in [0, 0.1) is 13.8 Å². The predicted molar refractivity (Wildman–Crippen MR) is 97.1 cm³/mol. The Labute approximate surface area is 147 Å². The number of hydrogen-bond donors (Lipinski definition) is 1. The van der Waals surface area contributed by atoms with E-state index in [2.05, 4.69) is 5.32 Å². The number of nitrogens with one attached hydrogen (secondary N) is 1. The van der Waals surface area contributed by atoms with E-state index >= 15 is 0 Å².